The van der Waals surface area contributed by atoms with E-state index in [4.69, 9.17) is 13.9 Å². The monoisotopic (exact) mass is 388 g/mol. The van der Waals surface area contributed by atoms with Crippen LogP contribution in [-0.2, 0) is 9.47 Å². The van der Waals surface area contributed by atoms with Gasteiger partial charge in [0.15, 0.2) is 11.5 Å². The molecule has 3 rings (SSSR count). The molecule has 8 nitrogen and oxygen atoms in total. The van der Waals surface area contributed by atoms with E-state index in [0.717, 1.165) is 12.8 Å². The number of hydrogen-bond acceptors (Lipinski definition) is 6. The van der Waals surface area contributed by atoms with E-state index in [0.29, 0.717) is 30.0 Å². The van der Waals surface area contributed by atoms with E-state index >= 15 is 0 Å². The number of ketones is 1. The fourth-order valence-electron chi connectivity index (χ4n) is 3.54. The number of aromatic amines is 1. The molecular weight excluding hydrogens is 364 g/mol. The standard InChI is InChI=1S/C20H24N2O6/c1-12-17(13(2)21-18(12)20(25)26-3)15(23)11-22(10-14-6-4-8-27-14)19(24)16-7-5-9-28-16/h5,7,9,14,21H,4,6,8,10-11H2,1-3H3/t14-/m1/s1. The molecule has 1 aliphatic heterocycles. The van der Waals surface area contributed by atoms with Crippen LogP contribution in [0.1, 0.15) is 55.5 Å². The highest BCUT2D eigenvalue weighted by atomic mass is 16.5. The van der Waals surface area contributed by atoms with Gasteiger partial charge in [0.05, 0.1) is 26.0 Å². The van der Waals surface area contributed by atoms with Gasteiger partial charge in [-0.25, -0.2) is 4.79 Å². The normalized spacial score (nSPS) is 16.2. The maximum Gasteiger partial charge on any atom is 0.354 e. The minimum absolute atomic E-state index is 0.106. The summed E-state index contributed by atoms with van der Waals surface area (Å²) in [6, 6.07) is 3.19. The molecule has 2 aromatic rings. The van der Waals surface area contributed by atoms with Crippen molar-refractivity contribution in [1.82, 2.24) is 9.88 Å². The van der Waals surface area contributed by atoms with Crippen LogP contribution in [0.3, 0.4) is 0 Å². The van der Waals surface area contributed by atoms with Gasteiger partial charge in [0.2, 0.25) is 0 Å². The van der Waals surface area contributed by atoms with Gasteiger partial charge in [0.25, 0.3) is 5.91 Å². The first kappa shape index (κ1) is 19.9. The zero-order valence-corrected chi connectivity index (χ0v) is 16.2. The Balaban J connectivity index is 1.83. The third-order valence-electron chi connectivity index (χ3n) is 4.91. The summed E-state index contributed by atoms with van der Waals surface area (Å²) in [5, 5.41) is 0. The first-order valence-corrected chi connectivity index (χ1v) is 9.17. The van der Waals surface area contributed by atoms with Crippen LogP contribution in [0.25, 0.3) is 0 Å². The fraction of sp³-hybridized carbons (Fsp3) is 0.450. The van der Waals surface area contributed by atoms with Crippen LogP contribution in [0.15, 0.2) is 22.8 Å². The Labute approximate surface area is 162 Å². The van der Waals surface area contributed by atoms with Crippen molar-refractivity contribution in [1.29, 1.82) is 0 Å². The van der Waals surface area contributed by atoms with Gasteiger partial charge in [0.1, 0.15) is 5.69 Å². The number of H-pyrrole nitrogens is 1. The lowest BCUT2D eigenvalue weighted by Gasteiger charge is -2.24. The number of methoxy groups -OCH3 is 1. The number of rotatable bonds is 7. The molecule has 1 atom stereocenters. The van der Waals surface area contributed by atoms with Gasteiger partial charge >= 0.3 is 5.97 Å². The SMILES string of the molecule is COC(=O)c1[nH]c(C)c(C(=O)CN(C[C@H]2CCCO2)C(=O)c2ccco2)c1C. The summed E-state index contributed by atoms with van der Waals surface area (Å²) in [6.07, 6.45) is 3.08. The Bertz CT molecular complexity index is 862. The second-order valence-electron chi connectivity index (χ2n) is 6.84. The number of carbonyl (C=O) groups excluding carboxylic acids is 3. The topological polar surface area (TPSA) is 102 Å². The van der Waals surface area contributed by atoms with Gasteiger partial charge < -0.3 is 23.8 Å². The smallest absolute Gasteiger partial charge is 0.354 e. The molecule has 1 aliphatic rings. The van der Waals surface area contributed by atoms with Crippen LogP contribution in [0, 0.1) is 13.8 Å². The minimum Gasteiger partial charge on any atom is -0.464 e. The minimum atomic E-state index is -0.539. The van der Waals surface area contributed by atoms with Gasteiger partial charge in [-0.2, -0.15) is 0 Å². The van der Waals surface area contributed by atoms with Gasteiger partial charge in [-0.1, -0.05) is 0 Å². The van der Waals surface area contributed by atoms with Crippen LogP contribution in [0.5, 0.6) is 0 Å². The van der Waals surface area contributed by atoms with Crippen LogP contribution in [0.2, 0.25) is 0 Å². The van der Waals surface area contributed by atoms with Crippen LogP contribution in [0.4, 0.5) is 0 Å². The molecule has 28 heavy (non-hydrogen) atoms. The fourth-order valence-corrected chi connectivity index (χ4v) is 3.54. The molecule has 2 aromatic heterocycles. The summed E-state index contributed by atoms with van der Waals surface area (Å²) in [4.78, 5) is 42.1. The number of nitrogens with zero attached hydrogens (tertiary/aromatic N) is 1. The van der Waals surface area contributed by atoms with E-state index < -0.39 is 5.97 Å². The summed E-state index contributed by atoms with van der Waals surface area (Å²) < 4.78 is 15.6. The predicted molar refractivity (Wildman–Crippen MR) is 99.5 cm³/mol. The molecule has 1 saturated heterocycles. The highest BCUT2D eigenvalue weighted by Crippen LogP contribution is 2.21. The van der Waals surface area contributed by atoms with Crippen molar-refractivity contribution in [2.24, 2.45) is 0 Å². The van der Waals surface area contributed by atoms with Gasteiger partial charge in [-0.05, 0) is 44.4 Å². The van der Waals surface area contributed by atoms with Gasteiger partial charge in [-0.15, -0.1) is 0 Å². The van der Waals surface area contributed by atoms with E-state index in [9.17, 15) is 14.4 Å². The zero-order chi connectivity index (χ0) is 20.3. The van der Waals surface area contributed by atoms with Crippen molar-refractivity contribution in [3.63, 3.8) is 0 Å². The Morgan fingerprint density at radius 3 is 2.71 bits per heavy atom. The molecule has 0 saturated carbocycles. The van der Waals surface area contributed by atoms with Crippen LogP contribution < -0.4 is 0 Å². The highest BCUT2D eigenvalue weighted by Gasteiger charge is 2.29. The molecular formula is C20H24N2O6. The predicted octanol–water partition coefficient (Wildman–Crippen LogP) is 2.52. The summed E-state index contributed by atoms with van der Waals surface area (Å²) in [5.74, 6) is -1.00. The number of carbonyl (C=O) groups is 3. The molecule has 0 aromatic carbocycles. The molecule has 0 aliphatic carbocycles. The maximum atomic E-state index is 13.0. The number of esters is 1. The van der Waals surface area contributed by atoms with Crippen molar-refractivity contribution in [2.75, 3.05) is 26.8 Å². The van der Waals surface area contributed by atoms with Gasteiger partial charge in [-0.3, -0.25) is 9.59 Å². The van der Waals surface area contributed by atoms with E-state index in [-0.39, 0.29) is 35.8 Å². The number of furan rings is 1. The van der Waals surface area contributed by atoms with E-state index in [1.54, 1.807) is 26.0 Å². The summed E-state index contributed by atoms with van der Waals surface area (Å²) in [6.45, 7) is 4.21. The molecule has 150 valence electrons. The number of aromatic nitrogens is 1. The maximum absolute atomic E-state index is 13.0. The average Bonchev–Trinajstić information content (AvgIpc) is 3.42. The number of amides is 1. The first-order chi connectivity index (χ1) is 13.4. The lowest BCUT2D eigenvalue weighted by molar-refractivity contribution is 0.0485. The molecule has 0 unspecified atom stereocenters. The average molecular weight is 388 g/mol. The summed E-state index contributed by atoms with van der Waals surface area (Å²) in [7, 11) is 1.28. The molecule has 0 radical (unpaired) electrons. The second kappa shape index (κ2) is 8.43. The van der Waals surface area contributed by atoms with Crippen molar-refractivity contribution in [2.45, 2.75) is 32.8 Å². The van der Waals surface area contributed by atoms with Crippen molar-refractivity contribution in [3.8, 4) is 0 Å². The summed E-state index contributed by atoms with van der Waals surface area (Å²) >= 11 is 0. The van der Waals surface area contributed by atoms with Crippen molar-refractivity contribution < 1.29 is 28.3 Å². The van der Waals surface area contributed by atoms with Crippen molar-refractivity contribution >= 4 is 17.7 Å². The Morgan fingerprint density at radius 2 is 2.11 bits per heavy atom. The molecule has 1 N–H and O–H groups in total. The molecule has 8 heteroatoms. The Kier molecular flexibility index (Phi) is 5.99. The van der Waals surface area contributed by atoms with E-state index in [1.807, 2.05) is 0 Å². The number of hydrogen-bond donors (Lipinski definition) is 1. The highest BCUT2D eigenvalue weighted by molar-refractivity contribution is 6.05. The quantitative estimate of drug-likeness (QED) is 0.578. The lowest BCUT2D eigenvalue weighted by Crippen LogP contribution is -2.40. The number of nitrogens with one attached hydrogen (secondary N) is 1. The van der Waals surface area contributed by atoms with Crippen molar-refractivity contribution in [3.05, 3.63) is 46.7 Å². The first-order valence-electron chi connectivity index (χ1n) is 9.17. The Hall–Kier alpha value is -2.87. The molecule has 0 bridgehead atoms. The zero-order valence-electron chi connectivity index (χ0n) is 16.2. The molecule has 1 amide bonds. The molecule has 0 spiro atoms. The molecule has 1 fully saturated rings. The van der Waals surface area contributed by atoms with Crippen LogP contribution >= 0.6 is 0 Å². The molecule has 3 heterocycles. The lowest BCUT2D eigenvalue weighted by atomic mass is 10.0. The van der Waals surface area contributed by atoms with E-state index in [1.165, 1.54) is 18.3 Å². The number of aryl methyl sites for hydroxylation is 1. The number of Topliss-reactive ketones (excluding diaryl/α,β-unsaturated/α-hetero) is 1. The van der Waals surface area contributed by atoms with Gasteiger partial charge in [0, 0.05) is 24.4 Å². The third-order valence-corrected chi connectivity index (χ3v) is 4.91. The number of ether oxygens (including phenoxy) is 2. The largest absolute Gasteiger partial charge is 0.464 e. The third kappa shape index (κ3) is 4.01. The summed E-state index contributed by atoms with van der Waals surface area (Å²) in [5.41, 5.74) is 1.71. The van der Waals surface area contributed by atoms with E-state index in [2.05, 4.69) is 4.98 Å². The second-order valence-corrected chi connectivity index (χ2v) is 6.84. The van der Waals surface area contributed by atoms with Crippen LogP contribution in [-0.4, -0.2) is 60.5 Å². The Morgan fingerprint density at radius 1 is 1.32 bits per heavy atom.